The zero-order valence-corrected chi connectivity index (χ0v) is 13.4. The summed E-state index contributed by atoms with van der Waals surface area (Å²) in [5.41, 5.74) is 1.88. The first kappa shape index (κ1) is 17.0. The Labute approximate surface area is 136 Å². The molecular formula is C19H22O4. The van der Waals surface area contributed by atoms with Crippen molar-refractivity contribution in [2.75, 3.05) is 6.61 Å². The topological polar surface area (TPSA) is 55.8 Å². The fourth-order valence-electron chi connectivity index (χ4n) is 2.32. The van der Waals surface area contributed by atoms with Crippen LogP contribution in [0.2, 0.25) is 0 Å². The van der Waals surface area contributed by atoms with Crippen molar-refractivity contribution >= 4 is 6.16 Å². The molecule has 2 aromatic carbocycles. The van der Waals surface area contributed by atoms with Crippen molar-refractivity contribution in [2.24, 2.45) is 5.92 Å². The second kappa shape index (κ2) is 8.34. The Morgan fingerprint density at radius 2 is 1.70 bits per heavy atom. The molecule has 2 aromatic rings. The molecule has 122 valence electrons. The first-order chi connectivity index (χ1) is 11.1. The van der Waals surface area contributed by atoms with Gasteiger partial charge in [-0.15, -0.1) is 0 Å². The van der Waals surface area contributed by atoms with Crippen LogP contribution in [0.25, 0.3) is 0 Å². The molecule has 4 heteroatoms. The molecule has 0 saturated carbocycles. The summed E-state index contributed by atoms with van der Waals surface area (Å²) in [7, 11) is 0. The van der Waals surface area contributed by atoms with E-state index in [1.807, 2.05) is 42.5 Å². The Morgan fingerprint density at radius 3 is 2.35 bits per heavy atom. The van der Waals surface area contributed by atoms with E-state index in [9.17, 15) is 4.79 Å². The highest BCUT2D eigenvalue weighted by Crippen LogP contribution is 2.28. The summed E-state index contributed by atoms with van der Waals surface area (Å²) in [4.78, 5) is 10.8. The quantitative estimate of drug-likeness (QED) is 0.594. The molecule has 0 spiro atoms. The fourth-order valence-corrected chi connectivity index (χ4v) is 2.32. The number of benzene rings is 2. The lowest BCUT2D eigenvalue weighted by Crippen LogP contribution is -2.13. The van der Waals surface area contributed by atoms with Gasteiger partial charge in [-0.3, -0.25) is 0 Å². The molecule has 1 N–H and O–H groups in total. The number of ether oxygens (including phenoxy) is 2. The number of carboxylic acid groups (broad SMARTS) is 1. The van der Waals surface area contributed by atoms with Gasteiger partial charge in [0, 0.05) is 13.0 Å². The van der Waals surface area contributed by atoms with E-state index < -0.39 is 6.16 Å². The van der Waals surface area contributed by atoms with Crippen LogP contribution < -0.4 is 4.74 Å². The highest BCUT2D eigenvalue weighted by atomic mass is 16.7. The zero-order chi connectivity index (χ0) is 16.7. The third-order valence-corrected chi connectivity index (χ3v) is 3.38. The molecule has 4 nitrogen and oxygen atoms in total. The Balaban J connectivity index is 2.22. The first-order valence-corrected chi connectivity index (χ1v) is 7.71. The fraction of sp³-hybridized carbons (Fsp3) is 0.316. The van der Waals surface area contributed by atoms with Gasteiger partial charge < -0.3 is 14.6 Å². The molecule has 0 radical (unpaired) electrons. The third kappa shape index (κ3) is 5.42. The Bertz CT molecular complexity index is 622. The van der Waals surface area contributed by atoms with Crippen LogP contribution in [0.4, 0.5) is 4.79 Å². The molecule has 1 atom stereocenters. The van der Waals surface area contributed by atoms with Crippen molar-refractivity contribution in [1.29, 1.82) is 0 Å². The van der Waals surface area contributed by atoms with Crippen LogP contribution in [0, 0.1) is 5.92 Å². The summed E-state index contributed by atoms with van der Waals surface area (Å²) in [6.45, 7) is 4.84. The molecule has 0 aliphatic carbocycles. The zero-order valence-electron chi connectivity index (χ0n) is 13.4. The van der Waals surface area contributed by atoms with Crippen molar-refractivity contribution in [3.8, 4) is 5.75 Å². The minimum Gasteiger partial charge on any atom is -0.449 e. The van der Waals surface area contributed by atoms with Crippen LogP contribution in [-0.4, -0.2) is 17.9 Å². The maximum atomic E-state index is 10.8. The maximum absolute atomic E-state index is 10.8. The van der Waals surface area contributed by atoms with Crippen LogP contribution in [0.5, 0.6) is 5.75 Å². The van der Waals surface area contributed by atoms with Crippen molar-refractivity contribution in [1.82, 2.24) is 0 Å². The van der Waals surface area contributed by atoms with Crippen LogP contribution >= 0.6 is 0 Å². The monoisotopic (exact) mass is 314 g/mol. The largest absolute Gasteiger partial charge is 0.511 e. The van der Waals surface area contributed by atoms with Gasteiger partial charge in [0.2, 0.25) is 0 Å². The number of hydrogen-bond donors (Lipinski definition) is 1. The van der Waals surface area contributed by atoms with E-state index in [-0.39, 0.29) is 6.10 Å². The average Bonchev–Trinajstić information content (AvgIpc) is 2.53. The maximum Gasteiger partial charge on any atom is 0.511 e. The summed E-state index contributed by atoms with van der Waals surface area (Å²) in [5, 5.41) is 8.87. The molecule has 1 unspecified atom stereocenters. The number of rotatable bonds is 7. The standard InChI is InChI=1S/C19H22O4/c1-14(2)13-22-18(15-8-4-3-5-9-15)12-16-10-6-7-11-17(16)23-19(20)21/h3-11,14,18H,12-13H2,1-2H3,(H,20,21). The lowest BCUT2D eigenvalue weighted by Gasteiger charge is -2.21. The second-order valence-electron chi connectivity index (χ2n) is 5.81. The van der Waals surface area contributed by atoms with Crippen molar-refractivity contribution in [3.05, 3.63) is 65.7 Å². The van der Waals surface area contributed by atoms with E-state index in [1.165, 1.54) is 0 Å². The van der Waals surface area contributed by atoms with E-state index in [4.69, 9.17) is 14.6 Å². The summed E-state index contributed by atoms with van der Waals surface area (Å²) in [6, 6.07) is 17.1. The predicted molar refractivity (Wildman–Crippen MR) is 88.8 cm³/mol. The van der Waals surface area contributed by atoms with E-state index in [1.54, 1.807) is 12.1 Å². The molecule has 0 saturated heterocycles. The highest BCUT2D eigenvalue weighted by molar-refractivity contribution is 5.62. The van der Waals surface area contributed by atoms with Gasteiger partial charge in [0.05, 0.1) is 6.10 Å². The minimum absolute atomic E-state index is 0.142. The lowest BCUT2D eigenvalue weighted by molar-refractivity contribution is 0.0348. The summed E-state index contributed by atoms with van der Waals surface area (Å²) >= 11 is 0. The van der Waals surface area contributed by atoms with Crippen LogP contribution in [0.15, 0.2) is 54.6 Å². The van der Waals surface area contributed by atoms with E-state index >= 15 is 0 Å². The Hall–Kier alpha value is -2.33. The number of para-hydroxylation sites is 1. The van der Waals surface area contributed by atoms with Gasteiger partial charge in [-0.2, -0.15) is 0 Å². The Morgan fingerprint density at radius 1 is 1.04 bits per heavy atom. The smallest absolute Gasteiger partial charge is 0.449 e. The first-order valence-electron chi connectivity index (χ1n) is 7.71. The van der Waals surface area contributed by atoms with Crippen LogP contribution in [0.1, 0.15) is 31.1 Å². The minimum atomic E-state index is -1.31. The van der Waals surface area contributed by atoms with Crippen LogP contribution in [0.3, 0.4) is 0 Å². The second-order valence-corrected chi connectivity index (χ2v) is 5.81. The molecule has 0 aliphatic rings. The van der Waals surface area contributed by atoms with Crippen molar-refractivity contribution < 1.29 is 19.4 Å². The van der Waals surface area contributed by atoms with Gasteiger partial charge in [-0.1, -0.05) is 62.4 Å². The summed E-state index contributed by atoms with van der Waals surface area (Å²) < 4.78 is 10.9. The molecule has 23 heavy (non-hydrogen) atoms. The van der Waals surface area contributed by atoms with Gasteiger partial charge >= 0.3 is 6.16 Å². The van der Waals surface area contributed by atoms with E-state index in [2.05, 4.69) is 13.8 Å². The van der Waals surface area contributed by atoms with Gasteiger partial charge in [0.25, 0.3) is 0 Å². The van der Waals surface area contributed by atoms with Gasteiger partial charge in [0.1, 0.15) is 5.75 Å². The number of hydrogen-bond acceptors (Lipinski definition) is 3. The number of carbonyl (C=O) groups is 1. The van der Waals surface area contributed by atoms with Crippen molar-refractivity contribution in [3.63, 3.8) is 0 Å². The van der Waals surface area contributed by atoms with Gasteiger partial charge in [-0.05, 0) is 23.1 Å². The molecule has 0 heterocycles. The summed E-state index contributed by atoms with van der Waals surface area (Å²) in [6.07, 6.45) is -0.894. The molecule has 0 amide bonds. The van der Waals surface area contributed by atoms with E-state index in [0.29, 0.717) is 24.7 Å². The average molecular weight is 314 g/mol. The van der Waals surface area contributed by atoms with Gasteiger partial charge in [-0.25, -0.2) is 4.79 Å². The normalized spacial score (nSPS) is 12.1. The molecule has 2 rings (SSSR count). The molecule has 0 aliphatic heterocycles. The molecule has 0 aromatic heterocycles. The molecular weight excluding hydrogens is 292 g/mol. The Kier molecular flexibility index (Phi) is 6.18. The van der Waals surface area contributed by atoms with Crippen molar-refractivity contribution in [2.45, 2.75) is 26.4 Å². The van der Waals surface area contributed by atoms with Gasteiger partial charge in [0.15, 0.2) is 0 Å². The SMILES string of the molecule is CC(C)COC(Cc1ccccc1OC(=O)O)c1ccccc1. The lowest BCUT2D eigenvalue weighted by atomic mass is 10.0. The van der Waals surface area contributed by atoms with Crippen LogP contribution in [-0.2, 0) is 11.2 Å². The third-order valence-electron chi connectivity index (χ3n) is 3.38. The predicted octanol–water partition coefficient (Wildman–Crippen LogP) is 4.70. The molecule has 0 bridgehead atoms. The molecule has 0 fully saturated rings. The summed E-state index contributed by atoms with van der Waals surface area (Å²) in [5.74, 6) is 0.779. The van der Waals surface area contributed by atoms with E-state index in [0.717, 1.165) is 11.1 Å². The highest BCUT2D eigenvalue weighted by Gasteiger charge is 2.17.